The number of likely N-dealkylation sites (tertiary alicyclic amines) is 2. The standard InChI is InChI=1S/C22H29N3O/c1-24-13-16(21(26)14-25-8-3-2-4-9-25)10-18-17-6-5-7-19-22(17)15(12-23-19)11-20(18)24/h5-7,12,16,18,20,23H,2-4,8-11,13-14H2,1H3/t16?,18?,20-/m1/s1. The van der Waals surface area contributed by atoms with Crippen LogP contribution in [0.15, 0.2) is 24.4 Å². The molecule has 3 heterocycles. The van der Waals surface area contributed by atoms with E-state index in [2.05, 4.69) is 46.2 Å². The zero-order valence-corrected chi connectivity index (χ0v) is 15.7. The molecular formula is C22H29N3O. The third-order valence-electron chi connectivity index (χ3n) is 7.01. The van der Waals surface area contributed by atoms with Crippen LogP contribution in [0.1, 0.15) is 42.7 Å². The Kier molecular flexibility index (Phi) is 4.13. The van der Waals surface area contributed by atoms with Crippen molar-refractivity contribution in [3.05, 3.63) is 35.5 Å². The average Bonchev–Trinajstić information content (AvgIpc) is 3.08. The van der Waals surface area contributed by atoms with Gasteiger partial charge in [0.25, 0.3) is 0 Å². The van der Waals surface area contributed by atoms with E-state index in [0.717, 1.165) is 32.5 Å². The topological polar surface area (TPSA) is 39.3 Å². The highest BCUT2D eigenvalue weighted by Crippen LogP contribution is 2.44. The van der Waals surface area contributed by atoms with Crippen molar-refractivity contribution in [2.75, 3.05) is 33.2 Å². The van der Waals surface area contributed by atoms with Gasteiger partial charge in [-0.1, -0.05) is 18.6 Å². The quantitative estimate of drug-likeness (QED) is 0.923. The number of aromatic nitrogens is 1. The van der Waals surface area contributed by atoms with Crippen molar-refractivity contribution in [1.29, 1.82) is 0 Å². The highest BCUT2D eigenvalue weighted by molar-refractivity contribution is 5.89. The second-order valence-corrected chi connectivity index (χ2v) is 8.64. The van der Waals surface area contributed by atoms with Crippen LogP contribution in [0.25, 0.3) is 10.9 Å². The van der Waals surface area contributed by atoms with Crippen LogP contribution in [-0.2, 0) is 11.2 Å². The molecule has 3 aliphatic rings. The van der Waals surface area contributed by atoms with Gasteiger partial charge < -0.3 is 9.88 Å². The monoisotopic (exact) mass is 351 g/mol. The number of benzene rings is 1. The summed E-state index contributed by atoms with van der Waals surface area (Å²) in [6.07, 6.45) is 8.13. The predicted molar refractivity (Wildman–Crippen MR) is 105 cm³/mol. The summed E-state index contributed by atoms with van der Waals surface area (Å²) in [4.78, 5) is 21.3. The summed E-state index contributed by atoms with van der Waals surface area (Å²) in [5, 5.41) is 1.42. The number of hydrogen-bond acceptors (Lipinski definition) is 3. The molecule has 2 saturated heterocycles. The van der Waals surface area contributed by atoms with Gasteiger partial charge in [-0.05, 0) is 63.0 Å². The lowest BCUT2D eigenvalue weighted by Gasteiger charge is -2.45. The number of carbonyl (C=O) groups is 1. The molecule has 0 spiro atoms. The van der Waals surface area contributed by atoms with Gasteiger partial charge in [-0.15, -0.1) is 0 Å². The van der Waals surface area contributed by atoms with E-state index in [9.17, 15) is 4.79 Å². The van der Waals surface area contributed by atoms with Crippen molar-refractivity contribution in [3.8, 4) is 0 Å². The number of H-pyrrole nitrogens is 1. The first-order valence-electron chi connectivity index (χ1n) is 10.2. The van der Waals surface area contributed by atoms with Gasteiger partial charge in [-0.25, -0.2) is 0 Å². The van der Waals surface area contributed by atoms with Gasteiger partial charge in [0.15, 0.2) is 5.78 Å². The smallest absolute Gasteiger partial charge is 0.151 e. The molecule has 1 N–H and O–H groups in total. The SMILES string of the molecule is CN1CC(C(=O)CN2CCCCC2)CC2c3cccc4[nH]cc(c34)C[C@H]21. The Morgan fingerprint density at radius 3 is 2.92 bits per heavy atom. The maximum Gasteiger partial charge on any atom is 0.151 e. The van der Waals surface area contributed by atoms with Crippen LogP contribution >= 0.6 is 0 Å². The summed E-state index contributed by atoms with van der Waals surface area (Å²) >= 11 is 0. The molecule has 1 aliphatic carbocycles. The molecule has 2 aliphatic heterocycles. The normalized spacial score (nSPS) is 29.7. The zero-order chi connectivity index (χ0) is 17.7. The Hall–Kier alpha value is -1.65. The lowest BCUT2D eigenvalue weighted by molar-refractivity contribution is -0.126. The number of piperidine rings is 2. The predicted octanol–water partition coefficient (Wildman–Crippen LogP) is 3.18. The summed E-state index contributed by atoms with van der Waals surface area (Å²) in [5.74, 6) is 1.12. The molecule has 0 amide bonds. The molecule has 0 radical (unpaired) electrons. The van der Waals surface area contributed by atoms with E-state index in [0.29, 0.717) is 24.3 Å². The number of ketones is 1. The molecule has 5 rings (SSSR count). The third kappa shape index (κ3) is 2.71. The van der Waals surface area contributed by atoms with Crippen LogP contribution in [0.2, 0.25) is 0 Å². The zero-order valence-electron chi connectivity index (χ0n) is 15.7. The average molecular weight is 351 g/mol. The number of rotatable bonds is 3. The van der Waals surface area contributed by atoms with E-state index in [1.54, 1.807) is 0 Å². The Morgan fingerprint density at radius 1 is 1.23 bits per heavy atom. The largest absolute Gasteiger partial charge is 0.361 e. The second-order valence-electron chi connectivity index (χ2n) is 8.64. The van der Waals surface area contributed by atoms with Gasteiger partial charge in [-0.2, -0.15) is 0 Å². The molecule has 26 heavy (non-hydrogen) atoms. The molecule has 3 atom stereocenters. The Balaban J connectivity index is 1.39. The minimum absolute atomic E-state index is 0.180. The van der Waals surface area contributed by atoms with Gasteiger partial charge in [0.1, 0.15) is 0 Å². The number of hydrogen-bond donors (Lipinski definition) is 1. The molecule has 138 valence electrons. The third-order valence-corrected chi connectivity index (χ3v) is 7.01. The van der Waals surface area contributed by atoms with Crippen LogP contribution in [0.5, 0.6) is 0 Å². The number of likely N-dealkylation sites (N-methyl/N-ethyl adjacent to an activating group) is 1. The van der Waals surface area contributed by atoms with Crippen molar-refractivity contribution >= 4 is 16.7 Å². The minimum atomic E-state index is 0.180. The summed E-state index contributed by atoms with van der Waals surface area (Å²) in [6, 6.07) is 7.16. The summed E-state index contributed by atoms with van der Waals surface area (Å²) in [6.45, 7) is 3.79. The van der Waals surface area contributed by atoms with Crippen molar-refractivity contribution < 1.29 is 4.79 Å². The number of aromatic amines is 1. The van der Waals surface area contributed by atoms with Crippen molar-refractivity contribution in [2.45, 2.75) is 44.1 Å². The van der Waals surface area contributed by atoms with Gasteiger partial charge in [0.05, 0.1) is 6.54 Å². The lowest BCUT2D eigenvalue weighted by Crippen LogP contribution is -2.51. The number of fused-ring (bicyclic) bond motifs is 2. The fourth-order valence-electron chi connectivity index (χ4n) is 5.64. The second kappa shape index (κ2) is 6.50. The Bertz CT molecular complexity index is 820. The van der Waals surface area contributed by atoms with Crippen LogP contribution in [0, 0.1) is 5.92 Å². The van der Waals surface area contributed by atoms with E-state index in [1.807, 2.05) is 0 Å². The maximum absolute atomic E-state index is 13.0. The summed E-state index contributed by atoms with van der Waals surface area (Å²) < 4.78 is 0. The molecule has 2 unspecified atom stereocenters. The van der Waals surface area contributed by atoms with E-state index in [4.69, 9.17) is 0 Å². The highest BCUT2D eigenvalue weighted by atomic mass is 16.1. The van der Waals surface area contributed by atoms with Crippen molar-refractivity contribution in [3.63, 3.8) is 0 Å². The van der Waals surface area contributed by atoms with Gasteiger partial charge in [0.2, 0.25) is 0 Å². The van der Waals surface area contributed by atoms with E-state index in [1.165, 1.54) is 41.3 Å². The van der Waals surface area contributed by atoms with Gasteiger partial charge >= 0.3 is 0 Å². The highest BCUT2D eigenvalue weighted by Gasteiger charge is 2.41. The number of nitrogens with one attached hydrogen (secondary N) is 1. The Labute approximate surface area is 155 Å². The molecule has 1 aromatic carbocycles. The summed E-state index contributed by atoms with van der Waals surface area (Å²) in [7, 11) is 2.22. The summed E-state index contributed by atoms with van der Waals surface area (Å²) in [5.41, 5.74) is 4.15. The molecule has 4 heteroatoms. The number of carbonyl (C=O) groups excluding carboxylic acids is 1. The van der Waals surface area contributed by atoms with E-state index >= 15 is 0 Å². The molecule has 0 bridgehead atoms. The van der Waals surface area contributed by atoms with E-state index < -0.39 is 0 Å². The lowest BCUT2D eigenvalue weighted by atomic mass is 9.71. The van der Waals surface area contributed by atoms with Crippen LogP contribution in [0.3, 0.4) is 0 Å². The van der Waals surface area contributed by atoms with Crippen LogP contribution in [-0.4, -0.2) is 59.8 Å². The molecule has 1 aromatic heterocycles. The number of Topliss-reactive ketones (excluding diaryl/α,β-unsaturated/α-hetero) is 1. The first kappa shape index (κ1) is 16.5. The van der Waals surface area contributed by atoms with Crippen molar-refractivity contribution in [2.24, 2.45) is 5.92 Å². The molecular weight excluding hydrogens is 322 g/mol. The van der Waals surface area contributed by atoms with Crippen LogP contribution in [0.4, 0.5) is 0 Å². The fraction of sp³-hybridized carbons (Fsp3) is 0.591. The van der Waals surface area contributed by atoms with E-state index in [-0.39, 0.29) is 5.92 Å². The molecule has 2 fully saturated rings. The van der Waals surface area contributed by atoms with Crippen LogP contribution < -0.4 is 0 Å². The van der Waals surface area contributed by atoms with Gasteiger partial charge in [-0.3, -0.25) is 9.69 Å². The van der Waals surface area contributed by atoms with Gasteiger partial charge in [0, 0.05) is 41.5 Å². The Morgan fingerprint density at radius 2 is 2.08 bits per heavy atom. The molecule has 0 saturated carbocycles. The molecule has 2 aromatic rings. The maximum atomic E-state index is 13.0. The fourth-order valence-corrected chi connectivity index (χ4v) is 5.64. The first-order chi connectivity index (χ1) is 12.7. The minimum Gasteiger partial charge on any atom is -0.361 e. The first-order valence-corrected chi connectivity index (χ1v) is 10.2. The molecule has 4 nitrogen and oxygen atoms in total. The van der Waals surface area contributed by atoms with Crippen molar-refractivity contribution in [1.82, 2.24) is 14.8 Å². The number of nitrogens with zero attached hydrogens (tertiary/aromatic N) is 2.